The summed E-state index contributed by atoms with van der Waals surface area (Å²) < 4.78 is 10.4. The molecule has 0 spiro atoms. The van der Waals surface area contributed by atoms with Crippen LogP contribution in [0.2, 0.25) is 9.36 Å². The molecule has 0 aromatic rings. The van der Waals surface area contributed by atoms with Crippen molar-refractivity contribution in [2.45, 2.75) is 42.7 Å². The molecule has 0 fully saturated rings. The Balaban J connectivity index is 4.28. The zero-order chi connectivity index (χ0) is 9.78. The van der Waals surface area contributed by atoms with E-state index in [2.05, 4.69) is 42.0 Å². The van der Waals surface area contributed by atoms with Gasteiger partial charge in [0.25, 0.3) is 0 Å². The molecule has 0 aliphatic carbocycles. The maximum absolute atomic E-state index is 5.93. The van der Waals surface area contributed by atoms with Crippen molar-refractivity contribution >= 4 is 27.6 Å². The van der Waals surface area contributed by atoms with Gasteiger partial charge in [-0.05, 0) is 0 Å². The van der Waals surface area contributed by atoms with Crippen molar-refractivity contribution in [1.82, 2.24) is 0 Å². The van der Waals surface area contributed by atoms with Crippen molar-refractivity contribution in [2.75, 3.05) is 6.54 Å². The third-order valence-corrected chi connectivity index (χ3v) is 4.82. The summed E-state index contributed by atoms with van der Waals surface area (Å²) in [6, 6.07) is 0. The Morgan fingerprint density at radius 3 is 2.25 bits per heavy atom. The standard InChI is InChI=1S/C7H14NO.2CH3.In/c1-5-8-6(2)7(3,4)9;;;/h5H2,1-4H3;2*1H3;/q-1;;;+1. The van der Waals surface area contributed by atoms with Gasteiger partial charge in [-0.1, -0.05) is 0 Å². The van der Waals surface area contributed by atoms with E-state index in [-0.39, 0.29) is 5.60 Å². The zero-order valence-corrected chi connectivity index (χ0v) is 12.4. The molecule has 0 N–H and O–H groups in total. The Bertz CT molecular complexity index is 164. The summed E-state index contributed by atoms with van der Waals surface area (Å²) in [7, 11) is 0. The molecule has 0 rings (SSSR count). The predicted molar refractivity (Wildman–Crippen MR) is 56.3 cm³/mol. The first-order valence-electron chi connectivity index (χ1n) is 4.59. The van der Waals surface area contributed by atoms with Crippen molar-refractivity contribution in [3.63, 3.8) is 0 Å². The van der Waals surface area contributed by atoms with Crippen molar-refractivity contribution in [2.24, 2.45) is 4.99 Å². The van der Waals surface area contributed by atoms with Crippen LogP contribution in [0.1, 0.15) is 27.7 Å². The van der Waals surface area contributed by atoms with Crippen LogP contribution >= 0.6 is 0 Å². The summed E-state index contributed by atoms with van der Waals surface area (Å²) in [5.74, 6) is 0. The third kappa shape index (κ3) is 4.51. The normalized spacial score (nSPS) is 13.3. The average Bonchev–Trinajstić information content (AvgIpc) is 1.85. The number of nitrogens with zero attached hydrogens (tertiary/aromatic N) is 1. The summed E-state index contributed by atoms with van der Waals surface area (Å²) in [5.41, 5.74) is 0.996. The van der Waals surface area contributed by atoms with Crippen molar-refractivity contribution in [1.29, 1.82) is 0 Å². The zero-order valence-electron chi connectivity index (χ0n) is 9.14. The van der Waals surface area contributed by atoms with Crippen LogP contribution < -0.4 is 0 Å². The number of hydrogen-bond donors (Lipinski definition) is 0. The van der Waals surface area contributed by atoms with Gasteiger partial charge in [-0.15, -0.1) is 0 Å². The van der Waals surface area contributed by atoms with Gasteiger partial charge in [-0.2, -0.15) is 0 Å². The molecule has 0 aromatic heterocycles. The van der Waals surface area contributed by atoms with Gasteiger partial charge in [0.2, 0.25) is 0 Å². The molecule has 0 amide bonds. The van der Waals surface area contributed by atoms with E-state index in [4.69, 9.17) is 2.85 Å². The van der Waals surface area contributed by atoms with E-state index >= 15 is 0 Å². The van der Waals surface area contributed by atoms with Gasteiger partial charge in [-0.3, -0.25) is 0 Å². The van der Waals surface area contributed by atoms with E-state index in [0.717, 1.165) is 12.3 Å². The molecule has 0 aromatic carbocycles. The van der Waals surface area contributed by atoms with E-state index in [1.54, 1.807) is 0 Å². The average molecular weight is 273 g/mol. The second kappa shape index (κ2) is 5.28. The van der Waals surface area contributed by atoms with Crippen LogP contribution in [0.4, 0.5) is 0 Å². The van der Waals surface area contributed by atoms with Crippen LogP contribution in [-0.2, 0) is 2.85 Å². The summed E-state index contributed by atoms with van der Waals surface area (Å²) >= 11 is -1.58. The molecular weight excluding hydrogens is 253 g/mol. The molecule has 0 atom stereocenters. The van der Waals surface area contributed by atoms with Crippen molar-refractivity contribution in [3.8, 4) is 0 Å². The SMILES string of the molecule is CCN=C(C)C(C)(C)[O][In]([CH3])[CH3]. The molecule has 0 heterocycles. The van der Waals surface area contributed by atoms with Crippen LogP contribution in [0.15, 0.2) is 4.99 Å². The van der Waals surface area contributed by atoms with Crippen LogP contribution in [-0.4, -0.2) is 39.7 Å². The van der Waals surface area contributed by atoms with Gasteiger partial charge in [0.1, 0.15) is 0 Å². The van der Waals surface area contributed by atoms with E-state index in [9.17, 15) is 0 Å². The Morgan fingerprint density at radius 2 is 1.92 bits per heavy atom. The van der Waals surface area contributed by atoms with E-state index in [1.165, 1.54) is 0 Å². The number of aliphatic imine (C=N–C) groups is 1. The molecule has 70 valence electrons. The fourth-order valence-electron chi connectivity index (χ4n) is 1.10. The van der Waals surface area contributed by atoms with E-state index in [1.807, 2.05) is 0 Å². The van der Waals surface area contributed by atoms with Gasteiger partial charge < -0.3 is 0 Å². The number of rotatable bonds is 4. The van der Waals surface area contributed by atoms with Gasteiger partial charge in [0, 0.05) is 0 Å². The van der Waals surface area contributed by atoms with Crippen LogP contribution in [0, 0.1) is 0 Å². The molecule has 3 heteroatoms. The molecule has 0 saturated heterocycles. The minimum absolute atomic E-state index is 0.125. The monoisotopic (exact) mass is 273 g/mol. The van der Waals surface area contributed by atoms with E-state index in [0.29, 0.717) is 0 Å². The summed E-state index contributed by atoms with van der Waals surface area (Å²) in [5, 5.41) is 0. The molecule has 0 radical (unpaired) electrons. The summed E-state index contributed by atoms with van der Waals surface area (Å²) in [6.45, 7) is 9.18. The molecule has 0 aliphatic rings. The molecule has 0 aliphatic heterocycles. The van der Waals surface area contributed by atoms with Gasteiger partial charge in [0.15, 0.2) is 0 Å². The van der Waals surface area contributed by atoms with Crippen molar-refractivity contribution in [3.05, 3.63) is 0 Å². The first kappa shape index (κ1) is 12.5. The Morgan fingerprint density at radius 1 is 1.42 bits per heavy atom. The first-order valence-corrected chi connectivity index (χ1v) is 12.5. The van der Waals surface area contributed by atoms with Gasteiger partial charge >= 0.3 is 84.6 Å². The van der Waals surface area contributed by atoms with Crippen LogP contribution in [0.5, 0.6) is 0 Å². The van der Waals surface area contributed by atoms with Gasteiger partial charge in [-0.25, -0.2) is 0 Å². The molecule has 2 nitrogen and oxygen atoms in total. The third-order valence-electron chi connectivity index (χ3n) is 1.80. The number of hydrogen-bond acceptors (Lipinski definition) is 2. The quantitative estimate of drug-likeness (QED) is 0.721. The molecule has 12 heavy (non-hydrogen) atoms. The Hall–Kier alpha value is 0.500. The summed E-state index contributed by atoms with van der Waals surface area (Å²) in [4.78, 5) is 4.37. The molecule has 0 bridgehead atoms. The molecule has 0 saturated carbocycles. The summed E-state index contributed by atoms with van der Waals surface area (Å²) in [6.07, 6.45) is 0. The first-order chi connectivity index (χ1) is 5.40. The Kier molecular flexibility index (Phi) is 5.50. The topological polar surface area (TPSA) is 21.6 Å². The van der Waals surface area contributed by atoms with Crippen LogP contribution in [0.3, 0.4) is 0 Å². The molecular formula is C9H20InNO. The maximum atomic E-state index is 5.93. The molecule has 0 unspecified atom stereocenters. The fraction of sp³-hybridized carbons (Fsp3) is 0.889. The second-order valence-corrected chi connectivity index (χ2v) is 10.4. The van der Waals surface area contributed by atoms with E-state index < -0.39 is 21.9 Å². The Labute approximate surface area is 84.6 Å². The van der Waals surface area contributed by atoms with Crippen molar-refractivity contribution < 1.29 is 2.85 Å². The van der Waals surface area contributed by atoms with Crippen LogP contribution in [0.25, 0.3) is 0 Å². The fourth-order valence-corrected chi connectivity index (χ4v) is 4.95. The van der Waals surface area contributed by atoms with Gasteiger partial charge in [0.05, 0.1) is 0 Å². The predicted octanol–water partition coefficient (Wildman–Crippen LogP) is 2.51. The minimum atomic E-state index is -1.58. The second-order valence-electron chi connectivity index (χ2n) is 3.74.